The van der Waals surface area contributed by atoms with Crippen molar-refractivity contribution in [2.45, 2.75) is 13.8 Å². The highest BCUT2D eigenvalue weighted by Crippen LogP contribution is 2.25. The van der Waals surface area contributed by atoms with E-state index in [4.69, 9.17) is 4.74 Å². The molecule has 0 aliphatic carbocycles. The van der Waals surface area contributed by atoms with Gasteiger partial charge < -0.3 is 19.9 Å². The molecule has 0 unspecified atom stereocenters. The molecule has 1 fully saturated rings. The van der Waals surface area contributed by atoms with E-state index in [1.54, 1.807) is 13.3 Å². The van der Waals surface area contributed by atoms with Crippen molar-refractivity contribution in [1.29, 1.82) is 0 Å². The zero-order valence-electron chi connectivity index (χ0n) is 17.1. The van der Waals surface area contributed by atoms with Crippen LogP contribution in [0.25, 0.3) is 0 Å². The molecule has 29 heavy (non-hydrogen) atoms. The maximum Gasteiger partial charge on any atom is 0.247 e. The highest BCUT2D eigenvalue weighted by atomic mass is 16.5. The van der Waals surface area contributed by atoms with Crippen molar-refractivity contribution in [2.24, 2.45) is 0 Å². The highest BCUT2D eigenvalue weighted by molar-refractivity contribution is 5.59. The second-order valence-electron chi connectivity index (χ2n) is 7.19. The van der Waals surface area contributed by atoms with Crippen molar-refractivity contribution in [3.8, 4) is 5.75 Å². The van der Waals surface area contributed by atoms with Gasteiger partial charge in [-0.2, -0.15) is 10.1 Å². The second-order valence-corrected chi connectivity index (χ2v) is 7.19. The number of piperazine rings is 1. The summed E-state index contributed by atoms with van der Waals surface area (Å²) in [6, 6.07) is 14.2. The van der Waals surface area contributed by atoms with E-state index in [0.29, 0.717) is 11.8 Å². The molecule has 0 amide bonds. The van der Waals surface area contributed by atoms with E-state index in [1.165, 1.54) is 16.8 Å². The lowest BCUT2D eigenvalue weighted by atomic mass is 10.1. The van der Waals surface area contributed by atoms with Crippen LogP contribution >= 0.6 is 0 Å². The maximum atomic E-state index is 5.20. The van der Waals surface area contributed by atoms with Gasteiger partial charge in [-0.1, -0.05) is 12.1 Å². The van der Waals surface area contributed by atoms with Gasteiger partial charge in [0.25, 0.3) is 0 Å². The Kier molecular flexibility index (Phi) is 5.46. The number of aromatic nitrogens is 3. The van der Waals surface area contributed by atoms with Crippen LogP contribution in [0.5, 0.6) is 5.75 Å². The molecular weight excluding hydrogens is 364 g/mol. The van der Waals surface area contributed by atoms with Crippen molar-refractivity contribution >= 4 is 23.1 Å². The van der Waals surface area contributed by atoms with Crippen LogP contribution in [-0.2, 0) is 0 Å². The summed E-state index contributed by atoms with van der Waals surface area (Å²) in [7, 11) is 1.66. The molecule has 0 radical (unpaired) electrons. The first-order valence-electron chi connectivity index (χ1n) is 9.81. The minimum Gasteiger partial charge on any atom is -0.497 e. The zero-order chi connectivity index (χ0) is 20.2. The topological polar surface area (TPSA) is 66.4 Å². The Bertz CT molecular complexity index is 967. The van der Waals surface area contributed by atoms with Crippen molar-refractivity contribution in [2.75, 3.05) is 48.4 Å². The van der Waals surface area contributed by atoms with Gasteiger partial charge in [-0.3, -0.25) is 0 Å². The molecule has 1 N–H and O–H groups in total. The average molecular weight is 390 g/mol. The van der Waals surface area contributed by atoms with Gasteiger partial charge in [0.15, 0.2) is 5.82 Å². The molecule has 0 bridgehead atoms. The quantitative estimate of drug-likeness (QED) is 0.714. The van der Waals surface area contributed by atoms with E-state index >= 15 is 0 Å². The third-order valence-electron chi connectivity index (χ3n) is 5.39. The fourth-order valence-electron chi connectivity index (χ4n) is 3.54. The van der Waals surface area contributed by atoms with Crippen molar-refractivity contribution in [1.82, 2.24) is 15.2 Å². The molecule has 0 spiro atoms. The Morgan fingerprint density at radius 3 is 2.38 bits per heavy atom. The number of benzene rings is 2. The largest absolute Gasteiger partial charge is 0.497 e. The van der Waals surface area contributed by atoms with E-state index < -0.39 is 0 Å². The number of nitrogens with one attached hydrogen (secondary N) is 1. The fraction of sp³-hybridized carbons (Fsp3) is 0.318. The smallest absolute Gasteiger partial charge is 0.247 e. The molecule has 1 aliphatic heterocycles. The first kappa shape index (κ1) is 19.0. The van der Waals surface area contributed by atoms with Gasteiger partial charge in [-0.05, 0) is 55.3 Å². The number of aryl methyl sites for hydroxylation is 1. The Labute approximate surface area is 171 Å². The lowest BCUT2D eigenvalue weighted by Crippen LogP contribution is -2.47. The van der Waals surface area contributed by atoms with Gasteiger partial charge in [-0.25, -0.2) is 0 Å². The number of ether oxygens (including phenoxy) is 1. The number of nitrogens with zero attached hydrogens (tertiary/aromatic N) is 5. The summed E-state index contributed by atoms with van der Waals surface area (Å²) in [4.78, 5) is 9.28. The molecule has 7 nitrogen and oxygen atoms in total. The highest BCUT2D eigenvalue weighted by Gasteiger charge is 2.21. The van der Waals surface area contributed by atoms with Crippen molar-refractivity contribution in [3.63, 3.8) is 0 Å². The monoisotopic (exact) mass is 390 g/mol. The normalized spacial score (nSPS) is 14.0. The average Bonchev–Trinajstić information content (AvgIpc) is 2.77. The Morgan fingerprint density at radius 2 is 1.66 bits per heavy atom. The molecule has 3 aromatic rings. The molecule has 2 aromatic carbocycles. The van der Waals surface area contributed by atoms with Gasteiger partial charge in [-0.15, -0.1) is 5.10 Å². The number of anilines is 4. The fourth-order valence-corrected chi connectivity index (χ4v) is 3.54. The van der Waals surface area contributed by atoms with E-state index in [1.807, 2.05) is 24.3 Å². The van der Waals surface area contributed by atoms with Gasteiger partial charge in [0.2, 0.25) is 5.95 Å². The van der Waals surface area contributed by atoms with Gasteiger partial charge in [0.05, 0.1) is 13.3 Å². The van der Waals surface area contributed by atoms with E-state index in [-0.39, 0.29) is 0 Å². The predicted octanol–water partition coefficient (Wildman–Crippen LogP) is 3.57. The number of hydrogen-bond acceptors (Lipinski definition) is 7. The first-order chi connectivity index (χ1) is 14.1. The van der Waals surface area contributed by atoms with Crippen LogP contribution in [0.15, 0.2) is 48.7 Å². The van der Waals surface area contributed by atoms with E-state index in [9.17, 15) is 0 Å². The van der Waals surface area contributed by atoms with Gasteiger partial charge >= 0.3 is 0 Å². The molecule has 0 saturated carbocycles. The van der Waals surface area contributed by atoms with Crippen LogP contribution < -0.4 is 19.9 Å². The lowest BCUT2D eigenvalue weighted by Gasteiger charge is -2.36. The Balaban J connectivity index is 1.42. The maximum absolute atomic E-state index is 5.20. The Morgan fingerprint density at radius 1 is 0.931 bits per heavy atom. The second kappa shape index (κ2) is 8.34. The molecule has 1 saturated heterocycles. The van der Waals surface area contributed by atoms with Gasteiger partial charge in [0.1, 0.15) is 5.75 Å². The predicted molar refractivity (Wildman–Crippen MR) is 116 cm³/mol. The first-order valence-corrected chi connectivity index (χ1v) is 9.81. The van der Waals surface area contributed by atoms with Crippen molar-refractivity contribution < 1.29 is 4.74 Å². The van der Waals surface area contributed by atoms with Crippen molar-refractivity contribution in [3.05, 3.63) is 59.8 Å². The summed E-state index contributed by atoms with van der Waals surface area (Å²) in [6.45, 7) is 7.95. The third-order valence-corrected chi connectivity index (χ3v) is 5.39. The summed E-state index contributed by atoms with van der Waals surface area (Å²) in [5, 5.41) is 11.7. The van der Waals surface area contributed by atoms with Crippen LogP contribution in [0.1, 0.15) is 11.1 Å². The van der Waals surface area contributed by atoms with Gasteiger partial charge in [0, 0.05) is 37.6 Å². The zero-order valence-corrected chi connectivity index (χ0v) is 17.1. The molecule has 7 heteroatoms. The summed E-state index contributed by atoms with van der Waals surface area (Å²) >= 11 is 0. The number of hydrogen-bond donors (Lipinski definition) is 1. The molecule has 4 rings (SSSR count). The van der Waals surface area contributed by atoms with Crippen LogP contribution in [0.2, 0.25) is 0 Å². The summed E-state index contributed by atoms with van der Waals surface area (Å²) in [6.07, 6.45) is 1.64. The Hall–Kier alpha value is -3.35. The molecule has 1 aliphatic rings. The standard InChI is InChI=1S/C22H26N6O/c1-16-5-4-6-20(17(16)2)27-11-13-28(14-12-27)22-25-21(15-23-26-22)24-18-7-9-19(29-3)10-8-18/h4-10,15H,11-14H2,1-3H3,(H,24,25,26). The van der Waals surface area contributed by atoms with Crippen LogP contribution in [0, 0.1) is 13.8 Å². The molecular formula is C22H26N6O. The minimum atomic E-state index is 0.657. The summed E-state index contributed by atoms with van der Waals surface area (Å²) in [5.74, 6) is 2.15. The number of methoxy groups -OCH3 is 1. The van der Waals surface area contributed by atoms with Crippen LogP contribution in [-0.4, -0.2) is 48.5 Å². The lowest BCUT2D eigenvalue weighted by molar-refractivity contribution is 0.415. The third kappa shape index (κ3) is 4.23. The SMILES string of the molecule is COc1ccc(Nc2cnnc(N3CCN(c4cccc(C)c4C)CC3)n2)cc1. The summed E-state index contributed by atoms with van der Waals surface area (Å²) < 4.78 is 5.20. The number of rotatable bonds is 5. The van der Waals surface area contributed by atoms with E-state index in [0.717, 1.165) is 37.6 Å². The molecule has 1 aromatic heterocycles. The molecule has 2 heterocycles. The summed E-state index contributed by atoms with van der Waals surface area (Å²) in [5.41, 5.74) is 4.93. The van der Waals surface area contributed by atoms with E-state index in [2.05, 4.69) is 62.3 Å². The molecule has 150 valence electrons. The molecule has 0 atom stereocenters. The van der Waals surface area contributed by atoms with Crippen LogP contribution in [0.4, 0.5) is 23.1 Å². The van der Waals surface area contributed by atoms with Crippen LogP contribution in [0.3, 0.4) is 0 Å². The minimum absolute atomic E-state index is 0.657.